The van der Waals surface area contributed by atoms with Crippen LogP contribution in [0.2, 0.25) is 0 Å². The fraction of sp³-hybridized carbons (Fsp3) is 0.316. The van der Waals surface area contributed by atoms with Crippen LogP contribution in [-0.4, -0.2) is 41.0 Å². The molecule has 0 aliphatic heterocycles. The van der Waals surface area contributed by atoms with Crippen LogP contribution >= 0.6 is 0 Å². The summed E-state index contributed by atoms with van der Waals surface area (Å²) < 4.78 is 12.4. The third-order valence-corrected chi connectivity index (χ3v) is 4.36. The van der Waals surface area contributed by atoms with Gasteiger partial charge >= 0.3 is 0 Å². The highest BCUT2D eigenvalue weighted by molar-refractivity contribution is 6.06. The lowest BCUT2D eigenvalue weighted by molar-refractivity contribution is 0.0939. The summed E-state index contributed by atoms with van der Waals surface area (Å²) in [5, 5.41) is 3.04. The SMILES string of the molecule is C=CCn1cnc2oc(C)c(C(=O)NCC(c3ccco3)N(C)C)c2c1=O. The molecule has 1 N–H and O–H groups in total. The van der Waals surface area contributed by atoms with Crippen molar-refractivity contribution in [2.75, 3.05) is 20.6 Å². The Morgan fingerprint density at radius 2 is 2.26 bits per heavy atom. The van der Waals surface area contributed by atoms with Gasteiger partial charge in [-0.3, -0.25) is 19.1 Å². The lowest BCUT2D eigenvalue weighted by atomic mass is 10.1. The van der Waals surface area contributed by atoms with Gasteiger partial charge < -0.3 is 14.2 Å². The van der Waals surface area contributed by atoms with Gasteiger partial charge in [0.05, 0.1) is 17.9 Å². The summed E-state index contributed by atoms with van der Waals surface area (Å²) in [6, 6.07) is 3.51. The zero-order valence-corrected chi connectivity index (χ0v) is 15.6. The number of aromatic nitrogens is 2. The molecule has 8 heteroatoms. The molecule has 1 atom stereocenters. The van der Waals surface area contributed by atoms with E-state index >= 15 is 0 Å². The molecule has 8 nitrogen and oxygen atoms in total. The molecule has 0 fully saturated rings. The number of nitrogens with zero attached hydrogens (tertiary/aromatic N) is 3. The molecular weight excluding hydrogens is 348 g/mol. The van der Waals surface area contributed by atoms with Crippen LogP contribution in [-0.2, 0) is 6.54 Å². The summed E-state index contributed by atoms with van der Waals surface area (Å²) in [6.07, 6.45) is 4.57. The number of carbonyl (C=O) groups excluding carboxylic acids is 1. The van der Waals surface area contributed by atoms with Crippen LogP contribution < -0.4 is 10.9 Å². The van der Waals surface area contributed by atoms with E-state index in [1.165, 1.54) is 10.9 Å². The molecule has 142 valence electrons. The van der Waals surface area contributed by atoms with Crippen LogP contribution in [0.15, 0.2) is 51.0 Å². The molecule has 3 aromatic rings. The maximum Gasteiger partial charge on any atom is 0.265 e. The van der Waals surface area contributed by atoms with Crippen molar-refractivity contribution in [1.29, 1.82) is 0 Å². The minimum atomic E-state index is -0.389. The van der Waals surface area contributed by atoms with E-state index in [-0.39, 0.29) is 34.2 Å². The third kappa shape index (κ3) is 3.56. The van der Waals surface area contributed by atoms with E-state index in [9.17, 15) is 9.59 Å². The summed E-state index contributed by atoms with van der Waals surface area (Å²) >= 11 is 0. The molecule has 27 heavy (non-hydrogen) atoms. The Morgan fingerprint density at radius 1 is 1.48 bits per heavy atom. The lowest BCUT2D eigenvalue weighted by Crippen LogP contribution is -2.35. The van der Waals surface area contributed by atoms with Gasteiger partial charge in [-0.1, -0.05) is 6.08 Å². The predicted molar refractivity (Wildman–Crippen MR) is 101 cm³/mol. The molecule has 3 rings (SSSR count). The molecule has 3 heterocycles. The standard InChI is InChI=1S/C19H22N4O4/c1-5-8-23-11-21-18-16(19(23)25)15(12(2)27-18)17(24)20-10-13(22(3)4)14-7-6-9-26-14/h5-7,9,11,13H,1,8,10H2,2-4H3,(H,20,24). The fourth-order valence-electron chi connectivity index (χ4n) is 2.98. The summed E-state index contributed by atoms with van der Waals surface area (Å²) in [7, 11) is 3.80. The van der Waals surface area contributed by atoms with Crippen LogP contribution in [0.5, 0.6) is 0 Å². The second kappa shape index (κ2) is 7.63. The number of fused-ring (bicyclic) bond motifs is 1. The Bertz CT molecular complexity index is 1010. The summed E-state index contributed by atoms with van der Waals surface area (Å²) in [5.41, 5.74) is 0.0214. The molecule has 1 amide bonds. The number of hydrogen-bond donors (Lipinski definition) is 1. The molecule has 0 aliphatic rings. The van der Waals surface area contributed by atoms with E-state index in [1.807, 2.05) is 25.1 Å². The van der Waals surface area contributed by atoms with Gasteiger partial charge in [0.2, 0.25) is 5.71 Å². The van der Waals surface area contributed by atoms with Crippen LogP contribution in [0.4, 0.5) is 0 Å². The molecule has 0 aliphatic carbocycles. The second-order valence-electron chi connectivity index (χ2n) is 6.41. The average molecular weight is 370 g/mol. The Morgan fingerprint density at radius 3 is 2.89 bits per heavy atom. The van der Waals surface area contributed by atoms with Gasteiger partial charge in [0.25, 0.3) is 11.5 Å². The maximum absolute atomic E-state index is 12.8. The summed E-state index contributed by atoms with van der Waals surface area (Å²) in [6.45, 7) is 5.88. The van der Waals surface area contributed by atoms with Crippen LogP contribution in [0, 0.1) is 6.92 Å². The molecular formula is C19H22N4O4. The van der Waals surface area contributed by atoms with Gasteiger partial charge in [0.15, 0.2) is 0 Å². The zero-order valence-electron chi connectivity index (χ0n) is 15.6. The van der Waals surface area contributed by atoms with Gasteiger partial charge in [0, 0.05) is 13.1 Å². The number of rotatable bonds is 7. The first-order valence-electron chi connectivity index (χ1n) is 8.51. The monoisotopic (exact) mass is 370 g/mol. The van der Waals surface area contributed by atoms with Crippen molar-refractivity contribution in [3.05, 3.63) is 64.8 Å². The number of furan rings is 2. The molecule has 0 saturated carbocycles. The van der Waals surface area contributed by atoms with Crippen molar-refractivity contribution in [3.63, 3.8) is 0 Å². The van der Waals surface area contributed by atoms with Crippen molar-refractivity contribution >= 4 is 17.0 Å². The number of likely N-dealkylation sites (N-methyl/N-ethyl adjacent to an activating group) is 1. The Kier molecular flexibility index (Phi) is 5.27. The van der Waals surface area contributed by atoms with E-state index in [4.69, 9.17) is 8.83 Å². The lowest BCUT2D eigenvalue weighted by Gasteiger charge is -2.22. The summed E-state index contributed by atoms with van der Waals surface area (Å²) in [5.74, 6) is 0.701. The van der Waals surface area contributed by atoms with Crippen LogP contribution in [0.1, 0.15) is 27.9 Å². The van der Waals surface area contributed by atoms with E-state index in [0.29, 0.717) is 18.8 Å². The Hall–Kier alpha value is -3.13. The smallest absolute Gasteiger partial charge is 0.265 e. The van der Waals surface area contributed by atoms with E-state index in [0.717, 1.165) is 5.76 Å². The minimum absolute atomic E-state index is 0.141. The van der Waals surface area contributed by atoms with Gasteiger partial charge in [-0.05, 0) is 33.2 Å². The topological polar surface area (TPSA) is 93.5 Å². The zero-order chi connectivity index (χ0) is 19.6. The number of aryl methyl sites for hydroxylation is 1. The van der Waals surface area contributed by atoms with Crippen molar-refractivity contribution in [1.82, 2.24) is 19.8 Å². The van der Waals surface area contributed by atoms with Crippen LogP contribution in [0.25, 0.3) is 11.1 Å². The van der Waals surface area contributed by atoms with Gasteiger partial charge in [-0.25, -0.2) is 4.98 Å². The highest BCUT2D eigenvalue weighted by Crippen LogP contribution is 2.22. The quantitative estimate of drug-likeness (QED) is 0.640. The fourth-order valence-corrected chi connectivity index (χ4v) is 2.98. The van der Waals surface area contributed by atoms with E-state index < -0.39 is 0 Å². The second-order valence-corrected chi connectivity index (χ2v) is 6.41. The molecule has 0 spiro atoms. The highest BCUT2D eigenvalue weighted by Gasteiger charge is 2.24. The number of allylic oxidation sites excluding steroid dienone is 1. The van der Waals surface area contributed by atoms with E-state index in [1.54, 1.807) is 25.3 Å². The van der Waals surface area contributed by atoms with Gasteiger partial charge in [-0.2, -0.15) is 0 Å². The summed E-state index contributed by atoms with van der Waals surface area (Å²) in [4.78, 5) is 31.6. The first kappa shape index (κ1) is 18.7. The predicted octanol–water partition coefficient (Wildman–Crippen LogP) is 2.11. The molecule has 0 aromatic carbocycles. The minimum Gasteiger partial charge on any atom is -0.468 e. The number of hydrogen-bond acceptors (Lipinski definition) is 6. The number of carbonyl (C=O) groups is 1. The normalized spacial score (nSPS) is 12.4. The largest absolute Gasteiger partial charge is 0.468 e. The van der Waals surface area contributed by atoms with E-state index in [2.05, 4.69) is 16.9 Å². The number of amides is 1. The van der Waals surface area contributed by atoms with Gasteiger partial charge in [-0.15, -0.1) is 6.58 Å². The molecule has 0 saturated heterocycles. The van der Waals surface area contributed by atoms with Crippen molar-refractivity contribution < 1.29 is 13.6 Å². The van der Waals surface area contributed by atoms with Gasteiger partial charge in [0.1, 0.15) is 23.2 Å². The molecule has 1 unspecified atom stereocenters. The molecule has 3 aromatic heterocycles. The Labute approximate surface area is 156 Å². The Balaban J connectivity index is 1.91. The van der Waals surface area contributed by atoms with Crippen LogP contribution in [0.3, 0.4) is 0 Å². The van der Waals surface area contributed by atoms with Crippen molar-refractivity contribution in [2.45, 2.75) is 19.5 Å². The first-order chi connectivity index (χ1) is 12.9. The average Bonchev–Trinajstić information content (AvgIpc) is 3.25. The molecule has 0 radical (unpaired) electrons. The van der Waals surface area contributed by atoms with Crippen molar-refractivity contribution in [2.24, 2.45) is 0 Å². The molecule has 0 bridgehead atoms. The highest BCUT2D eigenvalue weighted by atomic mass is 16.3. The first-order valence-corrected chi connectivity index (χ1v) is 8.51. The number of nitrogens with one attached hydrogen (secondary N) is 1. The third-order valence-electron chi connectivity index (χ3n) is 4.36. The van der Waals surface area contributed by atoms with Crippen molar-refractivity contribution in [3.8, 4) is 0 Å². The maximum atomic E-state index is 12.8.